The first kappa shape index (κ1) is 10.2. The number of thioether (sulfide) groups is 1. The van der Waals surface area contributed by atoms with Crippen molar-refractivity contribution in [3.8, 4) is 11.1 Å². The van der Waals surface area contributed by atoms with E-state index < -0.39 is 0 Å². The number of hydrogen-bond acceptors (Lipinski definition) is 3. The molecular formula is C12H12N2S. The maximum atomic E-state index is 4.33. The number of rotatable bonds is 2. The van der Waals surface area contributed by atoms with Crippen molar-refractivity contribution in [1.82, 2.24) is 9.97 Å². The summed E-state index contributed by atoms with van der Waals surface area (Å²) in [5.74, 6) is 0. The lowest BCUT2D eigenvalue weighted by molar-refractivity contribution is 1.14. The zero-order valence-electron chi connectivity index (χ0n) is 8.77. The van der Waals surface area contributed by atoms with E-state index in [1.54, 1.807) is 11.8 Å². The van der Waals surface area contributed by atoms with Gasteiger partial charge in [-0.3, -0.25) is 4.98 Å². The van der Waals surface area contributed by atoms with Gasteiger partial charge in [0.05, 0.1) is 5.03 Å². The normalized spacial score (nSPS) is 10.3. The van der Waals surface area contributed by atoms with Gasteiger partial charge >= 0.3 is 0 Å². The Hall–Kier alpha value is -1.35. The summed E-state index contributed by atoms with van der Waals surface area (Å²) >= 11 is 1.65. The second kappa shape index (κ2) is 4.45. The molecule has 0 amide bonds. The molecule has 2 aromatic heterocycles. The second-order valence-corrected chi connectivity index (χ2v) is 4.10. The van der Waals surface area contributed by atoms with Gasteiger partial charge in [-0.25, -0.2) is 4.98 Å². The largest absolute Gasteiger partial charge is 0.261 e. The predicted molar refractivity (Wildman–Crippen MR) is 64.0 cm³/mol. The van der Waals surface area contributed by atoms with Crippen molar-refractivity contribution in [2.45, 2.75) is 11.9 Å². The van der Waals surface area contributed by atoms with Gasteiger partial charge in [0.1, 0.15) is 0 Å². The molecule has 0 radical (unpaired) electrons. The lowest BCUT2D eigenvalue weighted by Gasteiger charge is -2.01. The van der Waals surface area contributed by atoms with Crippen LogP contribution in [0, 0.1) is 6.92 Å². The molecule has 2 aromatic rings. The third-order valence-corrected chi connectivity index (χ3v) is 2.85. The summed E-state index contributed by atoms with van der Waals surface area (Å²) in [4.78, 5) is 8.60. The van der Waals surface area contributed by atoms with Gasteiger partial charge in [-0.15, -0.1) is 11.8 Å². The lowest BCUT2D eigenvalue weighted by Crippen LogP contribution is -1.84. The van der Waals surface area contributed by atoms with E-state index in [1.807, 2.05) is 37.7 Å². The van der Waals surface area contributed by atoms with Crippen molar-refractivity contribution in [1.29, 1.82) is 0 Å². The summed E-state index contributed by atoms with van der Waals surface area (Å²) < 4.78 is 0. The van der Waals surface area contributed by atoms with Crippen molar-refractivity contribution >= 4 is 11.8 Å². The molecule has 0 saturated heterocycles. The van der Waals surface area contributed by atoms with E-state index in [1.165, 1.54) is 0 Å². The third-order valence-electron chi connectivity index (χ3n) is 2.19. The Kier molecular flexibility index (Phi) is 3.02. The van der Waals surface area contributed by atoms with Crippen LogP contribution in [0.25, 0.3) is 11.1 Å². The summed E-state index contributed by atoms with van der Waals surface area (Å²) in [7, 11) is 0. The molecule has 2 heterocycles. The van der Waals surface area contributed by atoms with Crippen molar-refractivity contribution in [2.75, 3.05) is 6.26 Å². The molecule has 3 heteroatoms. The van der Waals surface area contributed by atoms with Crippen LogP contribution in [0.3, 0.4) is 0 Å². The van der Waals surface area contributed by atoms with Crippen LogP contribution in [-0.2, 0) is 0 Å². The fraction of sp³-hybridized carbons (Fsp3) is 0.167. The Morgan fingerprint density at radius 1 is 0.933 bits per heavy atom. The van der Waals surface area contributed by atoms with Gasteiger partial charge in [0, 0.05) is 29.2 Å². The van der Waals surface area contributed by atoms with Gasteiger partial charge in [-0.1, -0.05) is 12.1 Å². The van der Waals surface area contributed by atoms with Gasteiger partial charge in [0.2, 0.25) is 0 Å². The highest BCUT2D eigenvalue weighted by molar-refractivity contribution is 7.98. The van der Waals surface area contributed by atoms with E-state index in [9.17, 15) is 0 Å². The van der Waals surface area contributed by atoms with Crippen LogP contribution < -0.4 is 0 Å². The molecule has 0 fully saturated rings. The van der Waals surface area contributed by atoms with Crippen molar-refractivity contribution < 1.29 is 0 Å². The van der Waals surface area contributed by atoms with Gasteiger partial charge in [-0.05, 0) is 25.3 Å². The third kappa shape index (κ3) is 2.36. The first-order valence-corrected chi connectivity index (χ1v) is 5.95. The first-order chi connectivity index (χ1) is 7.29. The number of pyridine rings is 2. The van der Waals surface area contributed by atoms with Crippen molar-refractivity contribution in [2.24, 2.45) is 0 Å². The molecule has 0 aromatic carbocycles. The van der Waals surface area contributed by atoms with Crippen LogP contribution in [0.4, 0.5) is 0 Å². The fourth-order valence-corrected chi connectivity index (χ4v) is 1.67. The standard InChI is InChI=1S/C12H12N2S/c1-9-3-4-10(7-13-9)11-5-6-12(15-2)14-8-11/h3-8H,1-2H3. The van der Waals surface area contributed by atoms with Crippen LogP contribution >= 0.6 is 11.8 Å². The van der Waals surface area contributed by atoms with E-state index >= 15 is 0 Å². The average Bonchev–Trinajstić information content (AvgIpc) is 2.30. The monoisotopic (exact) mass is 216 g/mol. The Labute approximate surface area is 93.8 Å². The van der Waals surface area contributed by atoms with Crippen LogP contribution in [0.2, 0.25) is 0 Å². The maximum Gasteiger partial charge on any atom is 0.0957 e. The zero-order valence-corrected chi connectivity index (χ0v) is 9.58. The Morgan fingerprint density at radius 2 is 1.60 bits per heavy atom. The van der Waals surface area contributed by atoms with E-state index in [2.05, 4.69) is 22.1 Å². The van der Waals surface area contributed by atoms with Crippen LogP contribution in [0.15, 0.2) is 41.7 Å². The minimum absolute atomic E-state index is 1.03. The highest BCUT2D eigenvalue weighted by Crippen LogP contribution is 2.20. The number of aromatic nitrogens is 2. The summed E-state index contributed by atoms with van der Waals surface area (Å²) in [5, 5.41) is 1.04. The Morgan fingerprint density at radius 3 is 2.07 bits per heavy atom. The van der Waals surface area contributed by atoms with E-state index in [4.69, 9.17) is 0 Å². The molecular weight excluding hydrogens is 204 g/mol. The van der Waals surface area contributed by atoms with Crippen LogP contribution in [0.5, 0.6) is 0 Å². The zero-order chi connectivity index (χ0) is 10.7. The SMILES string of the molecule is CSc1ccc(-c2ccc(C)nc2)cn1. The molecule has 2 rings (SSSR count). The molecule has 0 aliphatic carbocycles. The highest BCUT2D eigenvalue weighted by atomic mass is 32.2. The first-order valence-electron chi connectivity index (χ1n) is 4.72. The maximum absolute atomic E-state index is 4.33. The highest BCUT2D eigenvalue weighted by Gasteiger charge is 1.98. The van der Waals surface area contributed by atoms with E-state index in [0.717, 1.165) is 21.8 Å². The number of aryl methyl sites for hydroxylation is 1. The van der Waals surface area contributed by atoms with Gasteiger partial charge in [0.15, 0.2) is 0 Å². The summed E-state index contributed by atoms with van der Waals surface area (Å²) in [5.41, 5.74) is 3.26. The molecule has 0 saturated carbocycles. The molecule has 2 nitrogen and oxygen atoms in total. The number of hydrogen-bond donors (Lipinski definition) is 0. The molecule has 15 heavy (non-hydrogen) atoms. The molecule has 0 aliphatic heterocycles. The summed E-state index contributed by atoms with van der Waals surface area (Å²) in [6.07, 6.45) is 5.79. The van der Waals surface area contributed by atoms with E-state index in [0.29, 0.717) is 0 Å². The summed E-state index contributed by atoms with van der Waals surface area (Å²) in [6, 6.07) is 8.18. The fourth-order valence-electron chi connectivity index (χ4n) is 1.31. The van der Waals surface area contributed by atoms with Crippen LogP contribution in [0.1, 0.15) is 5.69 Å². The topological polar surface area (TPSA) is 25.8 Å². The Balaban J connectivity index is 2.33. The molecule has 0 N–H and O–H groups in total. The quantitative estimate of drug-likeness (QED) is 0.721. The minimum Gasteiger partial charge on any atom is -0.261 e. The molecule has 0 atom stereocenters. The molecule has 0 bridgehead atoms. The van der Waals surface area contributed by atoms with Crippen LogP contribution in [-0.4, -0.2) is 16.2 Å². The van der Waals surface area contributed by atoms with Crippen molar-refractivity contribution in [3.63, 3.8) is 0 Å². The molecule has 0 spiro atoms. The second-order valence-electron chi connectivity index (χ2n) is 3.28. The smallest absolute Gasteiger partial charge is 0.0957 e. The Bertz CT molecular complexity index is 434. The molecule has 0 aliphatic rings. The van der Waals surface area contributed by atoms with Crippen molar-refractivity contribution in [3.05, 3.63) is 42.4 Å². The van der Waals surface area contributed by atoms with E-state index in [-0.39, 0.29) is 0 Å². The molecule has 0 unspecified atom stereocenters. The number of nitrogens with zero attached hydrogens (tertiary/aromatic N) is 2. The summed E-state index contributed by atoms with van der Waals surface area (Å²) in [6.45, 7) is 1.98. The van der Waals surface area contributed by atoms with Gasteiger partial charge in [-0.2, -0.15) is 0 Å². The average molecular weight is 216 g/mol. The van der Waals surface area contributed by atoms with Gasteiger partial charge < -0.3 is 0 Å². The minimum atomic E-state index is 1.03. The predicted octanol–water partition coefficient (Wildman–Crippen LogP) is 3.17. The lowest BCUT2D eigenvalue weighted by atomic mass is 10.1. The molecule has 76 valence electrons. The van der Waals surface area contributed by atoms with Gasteiger partial charge in [0.25, 0.3) is 0 Å².